The molecule has 0 saturated carbocycles. The first-order valence-corrected chi connectivity index (χ1v) is 8.14. The van der Waals surface area contributed by atoms with E-state index in [9.17, 15) is 18.0 Å². The largest absolute Gasteiger partial charge is 0.465 e. The molecule has 0 amide bonds. The summed E-state index contributed by atoms with van der Waals surface area (Å²) in [5.74, 6) is -0.736. The van der Waals surface area contributed by atoms with Gasteiger partial charge in [-0.1, -0.05) is 23.5 Å². The predicted molar refractivity (Wildman–Crippen MR) is 76.7 cm³/mol. The molecule has 0 aliphatic heterocycles. The number of ether oxygens (including phenoxy) is 1. The SMILES string of the molecule is COC(=O)c1ccccc1S(=O)(=O)NCc1csc(=O)[nH]1. The molecule has 0 bridgehead atoms. The van der Waals surface area contributed by atoms with Gasteiger partial charge in [-0.05, 0) is 12.1 Å². The van der Waals surface area contributed by atoms with Gasteiger partial charge in [-0.3, -0.25) is 4.79 Å². The molecule has 0 aliphatic rings. The van der Waals surface area contributed by atoms with E-state index in [1.165, 1.54) is 30.7 Å². The molecular weight excluding hydrogens is 316 g/mol. The molecular formula is C12H12N2O5S2. The summed E-state index contributed by atoms with van der Waals surface area (Å²) < 4.78 is 31.4. The third-order valence-corrected chi connectivity index (χ3v) is 4.78. The summed E-state index contributed by atoms with van der Waals surface area (Å²) in [5.41, 5.74) is 0.399. The highest BCUT2D eigenvalue weighted by molar-refractivity contribution is 7.89. The van der Waals surface area contributed by atoms with Crippen LogP contribution in [0.4, 0.5) is 0 Å². The van der Waals surface area contributed by atoms with Gasteiger partial charge < -0.3 is 9.72 Å². The van der Waals surface area contributed by atoms with Gasteiger partial charge in [0, 0.05) is 11.1 Å². The van der Waals surface area contributed by atoms with Gasteiger partial charge in [-0.2, -0.15) is 0 Å². The fourth-order valence-electron chi connectivity index (χ4n) is 1.63. The van der Waals surface area contributed by atoms with Crippen molar-refractivity contribution in [2.45, 2.75) is 11.4 Å². The van der Waals surface area contributed by atoms with E-state index in [-0.39, 0.29) is 21.9 Å². The average Bonchev–Trinajstić information content (AvgIpc) is 2.90. The Labute approximate surface area is 124 Å². The van der Waals surface area contributed by atoms with E-state index in [1.54, 1.807) is 6.07 Å². The van der Waals surface area contributed by atoms with Gasteiger partial charge in [0.25, 0.3) is 0 Å². The van der Waals surface area contributed by atoms with Crippen molar-refractivity contribution in [2.75, 3.05) is 7.11 Å². The zero-order valence-electron chi connectivity index (χ0n) is 11.0. The number of hydrogen-bond donors (Lipinski definition) is 2. The minimum absolute atomic E-state index is 0.0497. The molecule has 0 saturated heterocycles. The standard InChI is InChI=1S/C12H12N2O5S2/c1-19-11(15)9-4-2-3-5-10(9)21(17,18)13-6-8-7-20-12(16)14-8/h2-5,7,13H,6H2,1H3,(H,14,16). The Morgan fingerprint density at radius 2 is 2.10 bits per heavy atom. The van der Waals surface area contributed by atoms with E-state index < -0.39 is 16.0 Å². The lowest BCUT2D eigenvalue weighted by Crippen LogP contribution is -2.25. The number of thiazole rings is 1. The lowest BCUT2D eigenvalue weighted by atomic mass is 10.2. The molecule has 0 spiro atoms. The monoisotopic (exact) mass is 328 g/mol. The second-order valence-corrected chi connectivity index (χ2v) is 6.56. The van der Waals surface area contributed by atoms with Crippen LogP contribution in [0.25, 0.3) is 0 Å². The van der Waals surface area contributed by atoms with Gasteiger partial charge in [0.15, 0.2) is 0 Å². The molecule has 2 rings (SSSR count). The maximum absolute atomic E-state index is 12.2. The third-order valence-electron chi connectivity index (χ3n) is 2.61. The highest BCUT2D eigenvalue weighted by Gasteiger charge is 2.22. The summed E-state index contributed by atoms with van der Waals surface area (Å²) >= 11 is 0.942. The van der Waals surface area contributed by atoms with Crippen molar-refractivity contribution in [1.82, 2.24) is 9.71 Å². The summed E-state index contributed by atoms with van der Waals surface area (Å²) in [5, 5.41) is 1.52. The van der Waals surface area contributed by atoms with Crippen LogP contribution in [0.5, 0.6) is 0 Å². The third kappa shape index (κ3) is 3.57. The number of carbonyl (C=O) groups is 1. The van der Waals surface area contributed by atoms with Gasteiger partial charge in [0.05, 0.1) is 24.1 Å². The Kier molecular flexibility index (Phi) is 4.56. The molecule has 21 heavy (non-hydrogen) atoms. The van der Waals surface area contributed by atoms with Crippen LogP contribution in [0.15, 0.2) is 39.3 Å². The molecule has 1 heterocycles. The summed E-state index contributed by atoms with van der Waals surface area (Å²) in [6.45, 7) is -0.0728. The van der Waals surface area contributed by atoms with Gasteiger partial charge in [0.1, 0.15) is 0 Å². The summed E-state index contributed by atoms with van der Waals surface area (Å²) in [6, 6.07) is 5.73. The summed E-state index contributed by atoms with van der Waals surface area (Å²) in [7, 11) is -2.73. The fraction of sp³-hybridized carbons (Fsp3) is 0.167. The van der Waals surface area contributed by atoms with Crippen molar-refractivity contribution in [1.29, 1.82) is 0 Å². The zero-order valence-corrected chi connectivity index (χ0v) is 12.6. The summed E-state index contributed by atoms with van der Waals surface area (Å²) in [6.07, 6.45) is 0. The van der Waals surface area contributed by atoms with Crippen molar-refractivity contribution in [2.24, 2.45) is 0 Å². The van der Waals surface area contributed by atoms with E-state index >= 15 is 0 Å². The number of carbonyl (C=O) groups excluding carboxylic acids is 1. The van der Waals surface area contributed by atoms with E-state index in [4.69, 9.17) is 0 Å². The molecule has 2 N–H and O–H groups in total. The number of benzene rings is 1. The quantitative estimate of drug-likeness (QED) is 0.786. The molecule has 9 heteroatoms. The smallest absolute Gasteiger partial charge is 0.339 e. The van der Waals surface area contributed by atoms with Gasteiger partial charge in [0.2, 0.25) is 10.0 Å². The predicted octanol–water partition coefficient (Wildman–Crippen LogP) is 0.702. The van der Waals surface area contributed by atoms with Crippen molar-refractivity contribution < 1.29 is 17.9 Å². The van der Waals surface area contributed by atoms with Crippen LogP contribution in [-0.2, 0) is 21.3 Å². The molecule has 1 aromatic heterocycles. The average molecular weight is 328 g/mol. The number of rotatable bonds is 5. The number of sulfonamides is 1. The molecule has 0 unspecified atom stereocenters. The van der Waals surface area contributed by atoms with Crippen molar-refractivity contribution in [3.8, 4) is 0 Å². The first kappa shape index (κ1) is 15.4. The highest BCUT2D eigenvalue weighted by Crippen LogP contribution is 2.16. The van der Waals surface area contributed by atoms with Gasteiger partial charge >= 0.3 is 10.8 Å². The number of H-pyrrole nitrogens is 1. The van der Waals surface area contributed by atoms with E-state index in [0.717, 1.165) is 11.3 Å². The second-order valence-electron chi connectivity index (χ2n) is 3.99. The maximum atomic E-state index is 12.2. The van der Waals surface area contributed by atoms with Crippen molar-refractivity contribution in [3.05, 3.63) is 50.6 Å². The fourth-order valence-corrected chi connectivity index (χ4v) is 3.41. The lowest BCUT2D eigenvalue weighted by molar-refractivity contribution is 0.0596. The second kappa shape index (κ2) is 6.20. The van der Waals surface area contributed by atoms with Crippen LogP contribution in [0, 0.1) is 0 Å². The highest BCUT2D eigenvalue weighted by atomic mass is 32.2. The minimum Gasteiger partial charge on any atom is -0.465 e. The first-order chi connectivity index (χ1) is 9.94. The van der Waals surface area contributed by atoms with Crippen molar-refractivity contribution in [3.63, 3.8) is 0 Å². The van der Waals surface area contributed by atoms with E-state index in [1.807, 2.05) is 0 Å². The Balaban J connectivity index is 2.27. The normalized spacial score (nSPS) is 11.3. The van der Waals surface area contributed by atoms with Crippen molar-refractivity contribution >= 4 is 27.3 Å². The van der Waals surface area contributed by atoms with Crippen LogP contribution in [0.2, 0.25) is 0 Å². The number of aromatic amines is 1. The molecule has 0 aliphatic carbocycles. The zero-order chi connectivity index (χ0) is 15.5. The van der Waals surface area contributed by atoms with E-state index in [2.05, 4.69) is 14.4 Å². The van der Waals surface area contributed by atoms with E-state index in [0.29, 0.717) is 5.69 Å². The van der Waals surface area contributed by atoms with Gasteiger partial charge in [-0.25, -0.2) is 17.9 Å². The van der Waals surface area contributed by atoms with Crippen LogP contribution in [0.1, 0.15) is 16.1 Å². The molecule has 0 radical (unpaired) electrons. The Bertz CT molecular complexity index is 807. The van der Waals surface area contributed by atoms with Crippen LogP contribution >= 0.6 is 11.3 Å². The lowest BCUT2D eigenvalue weighted by Gasteiger charge is -2.09. The maximum Gasteiger partial charge on any atom is 0.339 e. The molecule has 7 nitrogen and oxygen atoms in total. The molecule has 2 aromatic rings. The van der Waals surface area contributed by atoms with Crippen LogP contribution in [-0.4, -0.2) is 26.5 Å². The topological polar surface area (TPSA) is 105 Å². The molecule has 0 atom stereocenters. The Hall–Kier alpha value is -1.97. The Morgan fingerprint density at radius 3 is 2.71 bits per heavy atom. The van der Waals surface area contributed by atoms with Gasteiger partial charge in [-0.15, -0.1) is 0 Å². The summed E-state index contributed by atoms with van der Waals surface area (Å²) in [4.78, 5) is 24.6. The number of aromatic nitrogens is 1. The number of methoxy groups -OCH3 is 1. The number of esters is 1. The Morgan fingerprint density at radius 1 is 1.38 bits per heavy atom. The van der Waals surface area contributed by atoms with Crippen LogP contribution in [0.3, 0.4) is 0 Å². The minimum atomic E-state index is -3.90. The molecule has 112 valence electrons. The number of nitrogens with one attached hydrogen (secondary N) is 2. The molecule has 0 fully saturated rings. The van der Waals surface area contributed by atoms with Crippen LogP contribution < -0.4 is 9.60 Å². The first-order valence-electron chi connectivity index (χ1n) is 5.78. The number of hydrogen-bond acceptors (Lipinski definition) is 6. The molecule has 1 aromatic carbocycles.